The van der Waals surface area contributed by atoms with Crippen LogP contribution in [0.1, 0.15) is 11.1 Å². The molecule has 0 unspecified atom stereocenters. The van der Waals surface area contributed by atoms with Crippen LogP contribution in [0.5, 0.6) is 5.75 Å². The van der Waals surface area contributed by atoms with Crippen molar-refractivity contribution < 1.29 is 17.9 Å². The van der Waals surface area contributed by atoms with Crippen molar-refractivity contribution in [1.29, 1.82) is 0 Å². The third-order valence-corrected chi connectivity index (χ3v) is 6.07. The average Bonchev–Trinajstić information content (AvgIpc) is 3.17. The van der Waals surface area contributed by atoms with Crippen molar-refractivity contribution in [2.24, 2.45) is 7.05 Å². The lowest BCUT2D eigenvalue weighted by Gasteiger charge is -2.14. The minimum Gasteiger partial charge on any atom is -0.496 e. The molecule has 184 valence electrons. The molecule has 2 aromatic heterocycles. The first-order valence-corrected chi connectivity index (χ1v) is 11.1. The summed E-state index contributed by atoms with van der Waals surface area (Å²) in [6, 6.07) is 13.7. The van der Waals surface area contributed by atoms with E-state index in [1.54, 1.807) is 17.9 Å². The van der Waals surface area contributed by atoms with E-state index in [-0.39, 0.29) is 11.4 Å². The first kappa shape index (κ1) is 23.4. The maximum absolute atomic E-state index is 13.5. The molecule has 0 aliphatic rings. The Morgan fingerprint density at radius 3 is 2.56 bits per heavy atom. The summed E-state index contributed by atoms with van der Waals surface area (Å²) in [5.41, 5.74) is 4.04. The van der Waals surface area contributed by atoms with E-state index >= 15 is 0 Å². The number of fused-ring (bicyclic) bond motifs is 2. The summed E-state index contributed by atoms with van der Waals surface area (Å²) in [4.78, 5) is 8.79. The summed E-state index contributed by atoms with van der Waals surface area (Å²) in [6.45, 7) is 2.01. The van der Waals surface area contributed by atoms with Gasteiger partial charge in [-0.1, -0.05) is 12.1 Å². The van der Waals surface area contributed by atoms with E-state index in [1.807, 2.05) is 44.3 Å². The molecule has 0 radical (unpaired) electrons. The summed E-state index contributed by atoms with van der Waals surface area (Å²) in [6.07, 6.45) is -2.78. The molecule has 0 saturated carbocycles. The number of nitrogens with one attached hydrogen (secondary N) is 2. The lowest BCUT2D eigenvalue weighted by molar-refractivity contribution is -0.138. The third kappa shape index (κ3) is 4.04. The fourth-order valence-corrected chi connectivity index (χ4v) is 4.38. The van der Waals surface area contributed by atoms with Gasteiger partial charge in [-0.3, -0.25) is 4.68 Å². The minimum atomic E-state index is -4.55. The van der Waals surface area contributed by atoms with Gasteiger partial charge in [0.15, 0.2) is 5.82 Å². The molecular weight excluding hydrogens is 469 g/mol. The molecule has 2 N–H and O–H groups in total. The van der Waals surface area contributed by atoms with E-state index in [9.17, 15) is 13.2 Å². The number of anilines is 3. The summed E-state index contributed by atoms with van der Waals surface area (Å²) < 4.78 is 47.2. The Morgan fingerprint density at radius 2 is 1.83 bits per heavy atom. The quantitative estimate of drug-likeness (QED) is 0.300. The number of halogens is 3. The van der Waals surface area contributed by atoms with Crippen LogP contribution < -0.4 is 15.4 Å². The van der Waals surface area contributed by atoms with Crippen LogP contribution in [0.15, 0.2) is 54.7 Å². The topological polar surface area (TPSA) is 76.9 Å². The van der Waals surface area contributed by atoms with Gasteiger partial charge in [-0.15, -0.1) is 0 Å². The van der Waals surface area contributed by atoms with Crippen molar-refractivity contribution in [2.75, 3.05) is 24.8 Å². The number of hydrogen-bond acceptors (Lipinski definition) is 6. The van der Waals surface area contributed by atoms with Gasteiger partial charge >= 0.3 is 6.18 Å². The fraction of sp³-hybridized carbons (Fsp3) is 0.192. The minimum absolute atomic E-state index is 0.237. The van der Waals surface area contributed by atoms with Crippen molar-refractivity contribution in [1.82, 2.24) is 19.7 Å². The molecule has 0 aliphatic carbocycles. The monoisotopic (exact) mass is 492 g/mol. The molecule has 0 aliphatic heterocycles. The van der Waals surface area contributed by atoms with Crippen LogP contribution in [0, 0.1) is 6.92 Å². The number of alkyl halides is 3. The molecule has 0 bridgehead atoms. The Balaban J connectivity index is 1.61. The van der Waals surface area contributed by atoms with Crippen molar-refractivity contribution in [2.45, 2.75) is 13.1 Å². The van der Waals surface area contributed by atoms with Gasteiger partial charge in [0.25, 0.3) is 0 Å². The molecular formula is C26H23F3N6O. The first-order valence-electron chi connectivity index (χ1n) is 11.1. The SMILES string of the molecule is CNc1ncc2cc(-c3c(C)ccc4c(Nc5ccc(OC)c(C(F)(F)F)c5)nn(C)c34)ccc2n1. The maximum Gasteiger partial charge on any atom is 0.420 e. The van der Waals surface area contributed by atoms with Crippen molar-refractivity contribution in [3.05, 3.63) is 65.9 Å². The summed E-state index contributed by atoms with van der Waals surface area (Å²) in [7, 11) is 4.80. The molecule has 3 aromatic carbocycles. The number of nitrogens with zero attached hydrogens (tertiary/aromatic N) is 4. The van der Waals surface area contributed by atoms with Gasteiger partial charge in [0.05, 0.1) is 23.7 Å². The summed E-state index contributed by atoms with van der Waals surface area (Å²) in [5.74, 6) is 0.761. The molecule has 10 heteroatoms. The average molecular weight is 493 g/mol. The normalized spacial score (nSPS) is 11.8. The highest BCUT2D eigenvalue weighted by molar-refractivity contribution is 6.03. The van der Waals surface area contributed by atoms with E-state index in [0.29, 0.717) is 11.8 Å². The second-order valence-corrected chi connectivity index (χ2v) is 8.38. The Morgan fingerprint density at radius 1 is 1.03 bits per heavy atom. The highest BCUT2D eigenvalue weighted by atomic mass is 19.4. The zero-order valence-corrected chi connectivity index (χ0v) is 20.0. The number of benzene rings is 3. The first-order chi connectivity index (χ1) is 17.2. The fourth-order valence-electron chi connectivity index (χ4n) is 4.38. The largest absolute Gasteiger partial charge is 0.496 e. The Bertz CT molecular complexity index is 1610. The van der Waals surface area contributed by atoms with Gasteiger partial charge in [-0.2, -0.15) is 18.3 Å². The lowest BCUT2D eigenvalue weighted by atomic mass is 9.96. The lowest BCUT2D eigenvalue weighted by Crippen LogP contribution is -2.08. The summed E-state index contributed by atoms with van der Waals surface area (Å²) >= 11 is 0. The van der Waals surface area contributed by atoms with E-state index in [1.165, 1.54) is 19.2 Å². The predicted molar refractivity (Wildman–Crippen MR) is 135 cm³/mol. The molecule has 0 spiro atoms. The molecule has 0 saturated heterocycles. The van der Waals surface area contributed by atoms with Gasteiger partial charge in [0, 0.05) is 42.3 Å². The van der Waals surface area contributed by atoms with E-state index in [4.69, 9.17) is 4.74 Å². The van der Waals surface area contributed by atoms with Crippen LogP contribution in [-0.2, 0) is 13.2 Å². The Kier molecular flexibility index (Phi) is 5.66. The highest BCUT2D eigenvalue weighted by Gasteiger charge is 2.34. The van der Waals surface area contributed by atoms with Crippen LogP contribution in [0.25, 0.3) is 32.9 Å². The Hall–Kier alpha value is -4.34. The smallest absolute Gasteiger partial charge is 0.420 e. The molecule has 0 amide bonds. The van der Waals surface area contributed by atoms with Crippen molar-refractivity contribution in [3.63, 3.8) is 0 Å². The molecule has 7 nitrogen and oxygen atoms in total. The van der Waals surface area contributed by atoms with Gasteiger partial charge in [-0.05, 0) is 54.4 Å². The molecule has 0 fully saturated rings. The number of ether oxygens (including phenoxy) is 1. The number of rotatable bonds is 5. The second-order valence-electron chi connectivity index (χ2n) is 8.38. The number of methoxy groups -OCH3 is 1. The summed E-state index contributed by atoms with van der Waals surface area (Å²) in [5, 5.41) is 12.3. The highest BCUT2D eigenvalue weighted by Crippen LogP contribution is 2.40. The molecule has 0 atom stereocenters. The van der Waals surface area contributed by atoms with E-state index in [2.05, 4.69) is 25.7 Å². The van der Waals surface area contributed by atoms with Gasteiger partial charge in [0.1, 0.15) is 5.75 Å². The third-order valence-electron chi connectivity index (χ3n) is 6.07. The van der Waals surface area contributed by atoms with Gasteiger partial charge in [-0.25, -0.2) is 9.97 Å². The van der Waals surface area contributed by atoms with Crippen molar-refractivity contribution >= 4 is 39.3 Å². The molecule has 5 aromatic rings. The van der Waals surface area contributed by atoms with Crippen LogP contribution in [0.2, 0.25) is 0 Å². The Labute approximate surface area is 204 Å². The predicted octanol–water partition coefficient (Wildman–Crippen LogP) is 6.30. The van der Waals surface area contributed by atoms with Crippen LogP contribution in [-0.4, -0.2) is 33.9 Å². The number of aromatic nitrogens is 4. The van der Waals surface area contributed by atoms with Gasteiger partial charge in [0.2, 0.25) is 5.95 Å². The zero-order valence-electron chi connectivity index (χ0n) is 20.0. The number of aryl methyl sites for hydroxylation is 2. The maximum atomic E-state index is 13.5. The van der Waals surface area contributed by atoms with Crippen molar-refractivity contribution in [3.8, 4) is 16.9 Å². The molecule has 36 heavy (non-hydrogen) atoms. The standard InChI is InChI=1S/C26H23F3N6O/c1-14-5-8-18-23(22(14)15-6-9-20-16(11-15)13-31-25(30-2)33-20)35(3)34-24(18)32-17-7-10-21(36-4)19(12-17)26(27,28)29/h5-13H,1-4H3,(H,32,34)(H,30,31,33). The zero-order chi connectivity index (χ0) is 25.6. The van der Waals surface area contributed by atoms with E-state index in [0.717, 1.165) is 44.6 Å². The van der Waals surface area contributed by atoms with E-state index < -0.39 is 11.7 Å². The van der Waals surface area contributed by atoms with Crippen LogP contribution in [0.4, 0.5) is 30.6 Å². The molecule has 2 heterocycles. The molecule has 5 rings (SSSR count). The second kappa shape index (κ2) is 8.71. The van der Waals surface area contributed by atoms with Crippen LogP contribution in [0.3, 0.4) is 0 Å². The van der Waals surface area contributed by atoms with Gasteiger partial charge < -0.3 is 15.4 Å². The number of hydrogen-bond donors (Lipinski definition) is 2. The van der Waals surface area contributed by atoms with Crippen LogP contribution >= 0.6 is 0 Å².